The average molecular weight is 376 g/mol. The van der Waals surface area contributed by atoms with Gasteiger partial charge in [-0.05, 0) is 17.9 Å². The quantitative estimate of drug-likeness (QED) is 0.835. The van der Waals surface area contributed by atoms with E-state index in [1.807, 2.05) is 44.2 Å². The normalized spacial score (nSPS) is 18.1. The lowest BCUT2D eigenvalue weighted by molar-refractivity contribution is -0.120. The van der Waals surface area contributed by atoms with Crippen LogP contribution in [0.5, 0.6) is 0 Å². The number of carbonyl (C=O) groups is 1. The average Bonchev–Trinajstić information content (AvgIpc) is 3.15. The highest BCUT2D eigenvalue weighted by atomic mass is 32.2. The van der Waals surface area contributed by atoms with Crippen LogP contribution in [0.15, 0.2) is 42.7 Å². The molecule has 7 nitrogen and oxygen atoms in total. The fraction of sp³-hybridized carbons (Fsp3) is 0.444. The van der Waals surface area contributed by atoms with Gasteiger partial charge in [0, 0.05) is 12.7 Å². The third-order valence-corrected chi connectivity index (χ3v) is 6.37. The lowest BCUT2D eigenvalue weighted by Gasteiger charge is -2.28. The number of nitrogens with zero attached hydrogens (tertiary/aromatic N) is 3. The Hall–Kier alpha value is -2.19. The molecular weight excluding hydrogens is 352 g/mol. The van der Waals surface area contributed by atoms with Crippen molar-refractivity contribution in [1.82, 2.24) is 14.1 Å². The van der Waals surface area contributed by atoms with Crippen molar-refractivity contribution in [3.63, 3.8) is 0 Å². The van der Waals surface area contributed by atoms with Crippen LogP contribution in [0.1, 0.15) is 25.8 Å². The van der Waals surface area contributed by atoms with Crippen molar-refractivity contribution in [2.45, 2.75) is 32.9 Å². The molecule has 26 heavy (non-hydrogen) atoms. The largest absolute Gasteiger partial charge is 0.322 e. The highest BCUT2D eigenvalue weighted by Crippen LogP contribution is 2.23. The summed E-state index contributed by atoms with van der Waals surface area (Å²) in [6, 6.07) is 9.19. The minimum absolute atomic E-state index is 0.110. The first-order valence-corrected chi connectivity index (χ1v) is 10.3. The predicted octanol–water partition coefficient (Wildman–Crippen LogP) is 1.93. The van der Waals surface area contributed by atoms with Crippen LogP contribution in [0.3, 0.4) is 0 Å². The van der Waals surface area contributed by atoms with E-state index in [1.165, 1.54) is 4.31 Å². The van der Waals surface area contributed by atoms with Crippen LogP contribution in [0, 0.1) is 5.92 Å². The topological polar surface area (TPSA) is 84.3 Å². The Bertz CT molecular complexity index is 862. The van der Waals surface area contributed by atoms with E-state index in [9.17, 15) is 13.2 Å². The maximum atomic E-state index is 12.7. The number of hydrogen-bond donors (Lipinski definition) is 1. The van der Waals surface area contributed by atoms with Crippen molar-refractivity contribution < 1.29 is 13.2 Å². The monoisotopic (exact) mass is 376 g/mol. The van der Waals surface area contributed by atoms with Crippen molar-refractivity contribution in [3.05, 3.63) is 48.3 Å². The Balaban J connectivity index is 1.70. The van der Waals surface area contributed by atoms with Gasteiger partial charge in [-0.3, -0.25) is 9.48 Å². The summed E-state index contributed by atoms with van der Waals surface area (Å²) in [5, 5.41) is 7.08. The second-order valence-electron chi connectivity index (χ2n) is 6.87. The van der Waals surface area contributed by atoms with Crippen molar-refractivity contribution in [3.8, 4) is 0 Å². The van der Waals surface area contributed by atoms with Gasteiger partial charge in [-0.25, -0.2) is 8.42 Å². The maximum absolute atomic E-state index is 12.7. The maximum Gasteiger partial charge on any atom is 0.243 e. The van der Waals surface area contributed by atoms with Crippen LogP contribution in [0.4, 0.5) is 5.69 Å². The summed E-state index contributed by atoms with van der Waals surface area (Å²) in [4.78, 5) is 12.7. The third kappa shape index (κ3) is 4.13. The van der Waals surface area contributed by atoms with Crippen molar-refractivity contribution in [2.24, 2.45) is 5.92 Å². The van der Waals surface area contributed by atoms with Gasteiger partial charge in [-0.2, -0.15) is 9.40 Å². The molecule has 0 saturated carbocycles. The van der Waals surface area contributed by atoms with Gasteiger partial charge < -0.3 is 5.32 Å². The molecule has 1 amide bonds. The first kappa shape index (κ1) is 18.6. The van der Waals surface area contributed by atoms with Crippen LogP contribution in [-0.4, -0.2) is 46.8 Å². The highest BCUT2D eigenvalue weighted by molar-refractivity contribution is 7.89. The molecule has 2 aromatic rings. The molecule has 8 heteroatoms. The fourth-order valence-corrected chi connectivity index (χ4v) is 5.06. The summed E-state index contributed by atoms with van der Waals surface area (Å²) < 4.78 is 27.5. The number of amides is 1. The van der Waals surface area contributed by atoms with Crippen molar-refractivity contribution in [1.29, 1.82) is 0 Å². The number of sulfonamides is 1. The van der Waals surface area contributed by atoms with Crippen LogP contribution < -0.4 is 5.32 Å². The second-order valence-corrected chi connectivity index (χ2v) is 8.91. The predicted molar refractivity (Wildman–Crippen MR) is 100 cm³/mol. The van der Waals surface area contributed by atoms with Crippen LogP contribution in [0.2, 0.25) is 0 Å². The Kier molecular flexibility index (Phi) is 5.43. The molecule has 1 aromatic carbocycles. The first-order valence-electron chi connectivity index (χ1n) is 8.73. The standard InChI is InChI=1S/C18H24N4O3S/c1-14(2)17(22-9-6-10-26(22,24)25)18(23)20-16-11-19-21(13-16)12-15-7-4-3-5-8-15/h3-5,7-8,11,13-14,17H,6,9-10,12H2,1-2H3,(H,20,23). The van der Waals surface area contributed by atoms with E-state index < -0.39 is 16.1 Å². The van der Waals surface area contributed by atoms with E-state index in [2.05, 4.69) is 10.4 Å². The lowest BCUT2D eigenvalue weighted by atomic mass is 10.0. The molecule has 1 atom stereocenters. The molecule has 1 saturated heterocycles. The number of benzene rings is 1. The van der Waals surface area contributed by atoms with Gasteiger partial charge >= 0.3 is 0 Å². The Morgan fingerprint density at radius 2 is 2.00 bits per heavy atom. The lowest BCUT2D eigenvalue weighted by Crippen LogP contribution is -2.48. The van der Waals surface area contributed by atoms with Gasteiger partial charge in [-0.1, -0.05) is 44.2 Å². The molecule has 0 bridgehead atoms. The van der Waals surface area contributed by atoms with Crippen molar-refractivity contribution in [2.75, 3.05) is 17.6 Å². The summed E-state index contributed by atoms with van der Waals surface area (Å²) in [5.41, 5.74) is 1.67. The number of carbonyl (C=O) groups excluding carboxylic acids is 1. The third-order valence-electron chi connectivity index (χ3n) is 4.44. The van der Waals surface area contributed by atoms with Gasteiger partial charge in [-0.15, -0.1) is 0 Å². The van der Waals surface area contributed by atoms with E-state index in [0.717, 1.165) is 5.56 Å². The SMILES string of the molecule is CC(C)C(C(=O)Nc1cnn(Cc2ccccc2)c1)N1CCCS1(=O)=O. The molecule has 140 valence electrons. The van der Waals surface area contributed by atoms with E-state index in [1.54, 1.807) is 17.1 Å². The molecule has 3 rings (SSSR count). The number of nitrogens with one attached hydrogen (secondary N) is 1. The fourth-order valence-electron chi connectivity index (χ4n) is 3.24. The summed E-state index contributed by atoms with van der Waals surface area (Å²) in [7, 11) is -3.35. The molecule has 0 spiro atoms. The Morgan fingerprint density at radius 1 is 1.27 bits per heavy atom. The molecule has 1 aromatic heterocycles. The van der Waals surface area contributed by atoms with Crippen molar-refractivity contribution >= 4 is 21.6 Å². The van der Waals surface area contributed by atoms with Gasteiger partial charge in [0.25, 0.3) is 0 Å². The van der Waals surface area contributed by atoms with Gasteiger partial charge in [0.05, 0.1) is 24.2 Å². The summed E-state index contributed by atoms with van der Waals surface area (Å²) in [6.45, 7) is 4.71. The van der Waals surface area contributed by atoms with E-state index in [-0.39, 0.29) is 17.6 Å². The number of aromatic nitrogens is 2. The number of rotatable bonds is 6. The summed E-state index contributed by atoms with van der Waals surface area (Å²) >= 11 is 0. The van der Waals surface area contributed by atoms with Crippen LogP contribution in [-0.2, 0) is 21.4 Å². The molecule has 1 aliphatic heterocycles. The zero-order valence-electron chi connectivity index (χ0n) is 15.0. The van der Waals surface area contributed by atoms with Crippen LogP contribution >= 0.6 is 0 Å². The van der Waals surface area contributed by atoms with E-state index >= 15 is 0 Å². The van der Waals surface area contributed by atoms with E-state index in [0.29, 0.717) is 25.2 Å². The molecular formula is C18H24N4O3S. The number of hydrogen-bond acceptors (Lipinski definition) is 4. The Morgan fingerprint density at radius 3 is 2.62 bits per heavy atom. The molecule has 1 aliphatic rings. The molecule has 1 fully saturated rings. The minimum atomic E-state index is -3.35. The molecule has 0 radical (unpaired) electrons. The molecule has 1 unspecified atom stereocenters. The van der Waals surface area contributed by atoms with E-state index in [4.69, 9.17) is 0 Å². The number of anilines is 1. The van der Waals surface area contributed by atoms with Crippen LogP contribution in [0.25, 0.3) is 0 Å². The van der Waals surface area contributed by atoms with Gasteiger partial charge in [0.2, 0.25) is 15.9 Å². The molecule has 1 N–H and O–H groups in total. The Labute approximate surface area is 154 Å². The second kappa shape index (κ2) is 7.59. The zero-order valence-corrected chi connectivity index (χ0v) is 15.8. The molecule has 2 heterocycles. The smallest absolute Gasteiger partial charge is 0.243 e. The van der Waals surface area contributed by atoms with Gasteiger partial charge in [0.1, 0.15) is 6.04 Å². The van der Waals surface area contributed by atoms with Gasteiger partial charge in [0.15, 0.2) is 0 Å². The highest BCUT2D eigenvalue weighted by Gasteiger charge is 2.39. The summed E-state index contributed by atoms with van der Waals surface area (Å²) in [6.07, 6.45) is 3.89. The zero-order chi connectivity index (χ0) is 18.7. The minimum Gasteiger partial charge on any atom is -0.322 e. The first-order chi connectivity index (χ1) is 12.4. The molecule has 0 aliphatic carbocycles. The summed E-state index contributed by atoms with van der Waals surface area (Å²) in [5.74, 6) is -0.328.